The fraction of sp³-hybridized carbons (Fsp3) is 0.111. The molecule has 3 aromatic rings. The van der Waals surface area contributed by atoms with Gasteiger partial charge in [-0.15, -0.1) is 0 Å². The normalized spacial score (nSPS) is 10.3. The van der Waals surface area contributed by atoms with Crippen LogP contribution in [0.3, 0.4) is 0 Å². The molecule has 0 radical (unpaired) electrons. The molecule has 8 nitrogen and oxygen atoms in total. The Kier molecular flexibility index (Phi) is 4.93. The van der Waals surface area contributed by atoms with E-state index in [1.165, 1.54) is 19.2 Å². The summed E-state index contributed by atoms with van der Waals surface area (Å²) in [6.45, 7) is -0.0191. The van der Waals surface area contributed by atoms with Crippen molar-refractivity contribution in [2.75, 3.05) is 7.11 Å². The zero-order valence-corrected chi connectivity index (χ0v) is 13.7. The summed E-state index contributed by atoms with van der Waals surface area (Å²) >= 11 is 0. The molecule has 0 bridgehead atoms. The number of nitro groups is 1. The van der Waals surface area contributed by atoms with Gasteiger partial charge in [0.15, 0.2) is 11.5 Å². The van der Waals surface area contributed by atoms with E-state index in [4.69, 9.17) is 9.26 Å². The van der Waals surface area contributed by atoms with Crippen LogP contribution in [0.15, 0.2) is 59.1 Å². The molecule has 0 atom stereocenters. The highest BCUT2D eigenvalue weighted by atomic mass is 16.6. The third-order valence-corrected chi connectivity index (χ3v) is 3.57. The summed E-state index contributed by atoms with van der Waals surface area (Å²) in [4.78, 5) is 22.1. The highest BCUT2D eigenvalue weighted by Gasteiger charge is 2.19. The van der Waals surface area contributed by atoms with Crippen LogP contribution in [0.25, 0.3) is 11.3 Å². The Morgan fingerprint density at radius 3 is 2.65 bits per heavy atom. The summed E-state index contributed by atoms with van der Waals surface area (Å²) in [5.41, 5.74) is 1.08. The molecule has 1 aromatic heterocycles. The smallest absolute Gasteiger partial charge is 0.338 e. The minimum absolute atomic E-state index is 0.0191. The first-order chi connectivity index (χ1) is 12.6. The number of hydrogen-bond donors (Lipinski definition) is 0. The topological polar surface area (TPSA) is 105 Å². The Bertz CT molecular complexity index is 936. The maximum absolute atomic E-state index is 11.5. The van der Waals surface area contributed by atoms with Gasteiger partial charge in [0.2, 0.25) is 0 Å². The first-order valence-electron chi connectivity index (χ1n) is 7.59. The van der Waals surface area contributed by atoms with Gasteiger partial charge in [-0.2, -0.15) is 0 Å². The van der Waals surface area contributed by atoms with Crippen LogP contribution >= 0.6 is 0 Å². The molecule has 0 saturated heterocycles. The van der Waals surface area contributed by atoms with Crippen molar-refractivity contribution in [3.05, 3.63) is 76.0 Å². The van der Waals surface area contributed by atoms with Gasteiger partial charge in [0.1, 0.15) is 12.3 Å². The van der Waals surface area contributed by atoms with Gasteiger partial charge in [-0.3, -0.25) is 10.1 Å². The largest absolute Gasteiger partial charge is 0.480 e. The van der Waals surface area contributed by atoms with Gasteiger partial charge < -0.3 is 14.0 Å². The molecule has 1 heterocycles. The van der Waals surface area contributed by atoms with E-state index in [1.807, 2.05) is 30.3 Å². The Hall–Kier alpha value is -3.68. The lowest BCUT2D eigenvalue weighted by molar-refractivity contribution is -0.386. The first kappa shape index (κ1) is 17.2. The summed E-state index contributed by atoms with van der Waals surface area (Å²) in [6, 6.07) is 14.9. The van der Waals surface area contributed by atoms with Crippen molar-refractivity contribution < 1.29 is 23.7 Å². The van der Waals surface area contributed by atoms with Gasteiger partial charge in [0.25, 0.3) is 0 Å². The molecule has 0 spiro atoms. The minimum Gasteiger partial charge on any atom is -0.480 e. The van der Waals surface area contributed by atoms with Crippen LogP contribution in [0.1, 0.15) is 16.1 Å². The number of nitrogens with zero attached hydrogens (tertiary/aromatic N) is 2. The Morgan fingerprint density at radius 1 is 1.19 bits per heavy atom. The van der Waals surface area contributed by atoms with E-state index in [9.17, 15) is 14.9 Å². The van der Waals surface area contributed by atoms with Gasteiger partial charge in [-0.25, -0.2) is 4.79 Å². The highest BCUT2D eigenvalue weighted by Crippen LogP contribution is 2.29. The second-order valence-corrected chi connectivity index (χ2v) is 5.27. The highest BCUT2D eigenvalue weighted by molar-refractivity contribution is 5.90. The van der Waals surface area contributed by atoms with Gasteiger partial charge in [0, 0.05) is 17.7 Å². The molecule has 0 aliphatic rings. The van der Waals surface area contributed by atoms with Crippen molar-refractivity contribution in [2.45, 2.75) is 6.61 Å². The number of carbonyl (C=O) groups is 1. The maximum Gasteiger partial charge on any atom is 0.338 e. The van der Waals surface area contributed by atoms with E-state index in [0.717, 1.165) is 11.6 Å². The lowest BCUT2D eigenvalue weighted by Gasteiger charge is -2.06. The molecule has 132 valence electrons. The number of nitro benzene ring substituents is 1. The molecule has 0 unspecified atom stereocenters. The van der Waals surface area contributed by atoms with Crippen LogP contribution < -0.4 is 4.74 Å². The van der Waals surface area contributed by atoms with Crippen LogP contribution in [-0.2, 0) is 11.3 Å². The SMILES string of the molecule is COC(=O)c1ccc(OCc2cc(-c3ccccc3)on2)c([N+](=O)[O-])c1. The number of rotatable bonds is 6. The summed E-state index contributed by atoms with van der Waals surface area (Å²) in [5.74, 6) is -0.0738. The predicted octanol–water partition coefficient (Wildman–Crippen LogP) is 3.62. The Balaban J connectivity index is 1.76. The average molecular weight is 354 g/mol. The predicted molar refractivity (Wildman–Crippen MR) is 90.7 cm³/mol. The molecular weight excluding hydrogens is 340 g/mol. The van der Waals surface area contributed by atoms with Crippen molar-refractivity contribution in [3.8, 4) is 17.1 Å². The quantitative estimate of drug-likeness (QED) is 0.378. The molecule has 3 rings (SSSR count). The number of hydrogen-bond acceptors (Lipinski definition) is 7. The molecular formula is C18H14N2O6. The third-order valence-electron chi connectivity index (χ3n) is 3.57. The second-order valence-electron chi connectivity index (χ2n) is 5.27. The van der Waals surface area contributed by atoms with Crippen LogP contribution in [0, 0.1) is 10.1 Å². The lowest BCUT2D eigenvalue weighted by atomic mass is 10.1. The van der Waals surface area contributed by atoms with E-state index in [0.29, 0.717) is 11.5 Å². The maximum atomic E-state index is 11.5. The van der Waals surface area contributed by atoms with E-state index in [1.54, 1.807) is 6.07 Å². The Morgan fingerprint density at radius 2 is 1.96 bits per heavy atom. The van der Waals surface area contributed by atoms with E-state index < -0.39 is 10.9 Å². The van der Waals surface area contributed by atoms with Gasteiger partial charge in [0.05, 0.1) is 17.6 Å². The molecule has 0 amide bonds. The monoisotopic (exact) mass is 354 g/mol. The Labute approximate surface area is 148 Å². The standard InChI is InChI=1S/C18H14N2O6/c1-24-18(21)13-7-8-16(15(9-13)20(22)23)25-11-14-10-17(26-19-14)12-5-3-2-4-6-12/h2-10H,11H2,1H3. The fourth-order valence-electron chi connectivity index (χ4n) is 2.30. The molecule has 26 heavy (non-hydrogen) atoms. The summed E-state index contributed by atoms with van der Waals surface area (Å²) in [6.07, 6.45) is 0. The number of carbonyl (C=O) groups excluding carboxylic acids is 1. The van der Waals surface area contributed by atoms with E-state index >= 15 is 0 Å². The molecule has 0 N–H and O–H groups in total. The fourth-order valence-corrected chi connectivity index (χ4v) is 2.30. The van der Waals surface area contributed by atoms with Crippen molar-refractivity contribution in [1.82, 2.24) is 5.16 Å². The van der Waals surface area contributed by atoms with Crippen LogP contribution in [0.5, 0.6) is 5.75 Å². The van der Waals surface area contributed by atoms with Crippen molar-refractivity contribution in [1.29, 1.82) is 0 Å². The molecule has 0 aliphatic heterocycles. The van der Waals surface area contributed by atoms with Crippen LogP contribution in [-0.4, -0.2) is 23.2 Å². The van der Waals surface area contributed by atoms with Gasteiger partial charge >= 0.3 is 11.7 Å². The first-order valence-corrected chi connectivity index (χ1v) is 7.59. The molecule has 2 aromatic carbocycles. The lowest BCUT2D eigenvalue weighted by Crippen LogP contribution is -2.04. The van der Waals surface area contributed by atoms with E-state index in [2.05, 4.69) is 9.89 Å². The van der Waals surface area contributed by atoms with Crippen molar-refractivity contribution >= 4 is 11.7 Å². The van der Waals surface area contributed by atoms with E-state index in [-0.39, 0.29) is 23.6 Å². The number of esters is 1. The summed E-state index contributed by atoms with van der Waals surface area (Å²) in [7, 11) is 1.20. The second kappa shape index (κ2) is 7.47. The molecule has 0 aliphatic carbocycles. The average Bonchev–Trinajstić information content (AvgIpc) is 3.15. The number of ether oxygens (including phenoxy) is 2. The van der Waals surface area contributed by atoms with Crippen molar-refractivity contribution in [3.63, 3.8) is 0 Å². The summed E-state index contributed by atoms with van der Waals surface area (Å²) in [5, 5.41) is 15.1. The van der Waals surface area contributed by atoms with Crippen LogP contribution in [0.4, 0.5) is 5.69 Å². The molecule has 0 saturated carbocycles. The summed E-state index contributed by atoms with van der Waals surface area (Å²) < 4.78 is 15.3. The van der Waals surface area contributed by atoms with Gasteiger partial charge in [-0.05, 0) is 12.1 Å². The van der Waals surface area contributed by atoms with Crippen molar-refractivity contribution in [2.24, 2.45) is 0 Å². The number of aromatic nitrogens is 1. The minimum atomic E-state index is -0.663. The third kappa shape index (κ3) is 3.69. The molecule has 0 fully saturated rings. The van der Waals surface area contributed by atoms with Gasteiger partial charge in [-0.1, -0.05) is 35.5 Å². The zero-order chi connectivity index (χ0) is 18.5. The van der Waals surface area contributed by atoms with Crippen LogP contribution in [0.2, 0.25) is 0 Å². The molecule has 8 heteroatoms. The zero-order valence-electron chi connectivity index (χ0n) is 13.7. The number of methoxy groups -OCH3 is 1. The number of benzene rings is 2.